The number of para-hydroxylation sites is 1. The molecule has 3 aromatic rings. The summed E-state index contributed by atoms with van der Waals surface area (Å²) in [7, 11) is 0. The molecule has 2 aromatic carbocycles. The summed E-state index contributed by atoms with van der Waals surface area (Å²) in [6.07, 6.45) is 11.6. The highest BCUT2D eigenvalue weighted by Crippen LogP contribution is 2.39. The zero-order chi connectivity index (χ0) is 27.9. The largest absolute Gasteiger partial charge is 0.492 e. The van der Waals surface area contributed by atoms with Crippen LogP contribution in [0, 0.1) is 5.41 Å². The maximum absolute atomic E-state index is 13.4. The summed E-state index contributed by atoms with van der Waals surface area (Å²) >= 11 is 0. The smallest absolute Gasteiger partial charge is 0.236 e. The molecule has 0 radical (unpaired) electrons. The van der Waals surface area contributed by atoms with Gasteiger partial charge in [0.1, 0.15) is 12.4 Å². The fraction of sp³-hybridized carbons (Fsp3) is 0.486. The molecule has 1 amide bonds. The molecule has 1 spiro atoms. The summed E-state index contributed by atoms with van der Waals surface area (Å²) in [5.41, 5.74) is 5.65. The number of hydrogen-bond donors (Lipinski definition) is 0. The fourth-order valence-electron chi connectivity index (χ4n) is 7.08. The van der Waals surface area contributed by atoms with Crippen molar-refractivity contribution >= 4 is 5.91 Å². The number of aromatic nitrogens is 1. The molecule has 3 aliphatic rings. The Labute approximate surface area is 245 Å². The summed E-state index contributed by atoms with van der Waals surface area (Å²) in [5, 5.41) is 0. The van der Waals surface area contributed by atoms with Crippen LogP contribution in [0.3, 0.4) is 0 Å². The average molecular weight is 553 g/mol. The van der Waals surface area contributed by atoms with Crippen LogP contribution in [0.4, 0.5) is 0 Å². The molecule has 4 heterocycles. The zero-order valence-electron chi connectivity index (χ0n) is 24.3. The molecule has 0 bridgehead atoms. The first-order chi connectivity index (χ1) is 20.2. The van der Waals surface area contributed by atoms with Crippen LogP contribution >= 0.6 is 0 Å². The average Bonchev–Trinajstić information content (AvgIpc) is 3.00. The number of rotatable bonds is 4. The van der Waals surface area contributed by atoms with Gasteiger partial charge in [-0.2, -0.15) is 0 Å². The Morgan fingerprint density at radius 1 is 0.780 bits per heavy atom. The summed E-state index contributed by atoms with van der Waals surface area (Å²) in [6, 6.07) is 21.5. The van der Waals surface area contributed by atoms with Gasteiger partial charge in [-0.25, -0.2) is 0 Å². The second-order valence-corrected chi connectivity index (χ2v) is 12.3. The highest BCUT2D eigenvalue weighted by atomic mass is 16.5. The van der Waals surface area contributed by atoms with Gasteiger partial charge < -0.3 is 9.64 Å². The molecule has 0 unspecified atom stereocenters. The third kappa shape index (κ3) is 7.17. The Morgan fingerprint density at radius 3 is 2.37 bits per heavy atom. The molecule has 6 heteroatoms. The van der Waals surface area contributed by atoms with E-state index in [1.165, 1.54) is 41.5 Å². The van der Waals surface area contributed by atoms with Gasteiger partial charge in [0.05, 0.1) is 6.54 Å². The van der Waals surface area contributed by atoms with Crippen LogP contribution in [-0.4, -0.2) is 71.5 Å². The minimum absolute atomic E-state index is 0.229. The van der Waals surface area contributed by atoms with E-state index in [1.54, 1.807) is 0 Å². The number of piperidine rings is 1. The van der Waals surface area contributed by atoms with Crippen molar-refractivity contribution in [2.24, 2.45) is 5.41 Å². The van der Waals surface area contributed by atoms with Gasteiger partial charge >= 0.3 is 0 Å². The number of likely N-dealkylation sites (tertiary alicyclic amines) is 1. The number of carbonyl (C=O) groups excluding carboxylic acids is 1. The van der Waals surface area contributed by atoms with Crippen LogP contribution in [0.15, 0.2) is 73.1 Å². The van der Waals surface area contributed by atoms with Gasteiger partial charge in [0.15, 0.2) is 0 Å². The highest BCUT2D eigenvalue weighted by Gasteiger charge is 2.37. The molecule has 1 aromatic heterocycles. The van der Waals surface area contributed by atoms with Crippen LogP contribution < -0.4 is 4.74 Å². The van der Waals surface area contributed by atoms with Crippen LogP contribution in [0.2, 0.25) is 0 Å². The van der Waals surface area contributed by atoms with Crippen molar-refractivity contribution in [2.45, 2.75) is 58.0 Å². The molecule has 3 aliphatic heterocycles. The molecule has 0 saturated carbocycles. The SMILES string of the molecule is O=C(CN1CCc2ccccc2C1)N1CCC2(CCCCc3ccccc3OCCN(Cc3ccncc3)C2)CC1. The van der Waals surface area contributed by atoms with Crippen LogP contribution in [-0.2, 0) is 30.7 Å². The normalized spacial score (nSPS) is 20.2. The van der Waals surface area contributed by atoms with E-state index in [1.807, 2.05) is 12.4 Å². The molecular weight excluding hydrogens is 508 g/mol. The molecule has 0 aliphatic carbocycles. The summed E-state index contributed by atoms with van der Waals surface area (Å²) in [6.45, 7) is 7.63. The lowest BCUT2D eigenvalue weighted by Crippen LogP contribution is -2.50. The predicted octanol–water partition coefficient (Wildman–Crippen LogP) is 5.36. The lowest BCUT2D eigenvalue weighted by atomic mass is 9.73. The topological polar surface area (TPSA) is 48.9 Å². The number of hydrogen-bond acceptors (Lipinski definition) is 5. The second kappa shape index (κ2) is 13.2. The number of carbonyl (C=O) groups is 1. The van der Waals surface area contributed by atoms with Gasteiger partial charge in [-0.1, -0.05) is 48.9 Å². The van der Waals surface area contributed by atoms with Gasteiger partial charge in [-0.15, -0.1) is 0 Å². The number of ether oxygens (including phenoxy) is 1. The monoisotopic (exact) mass is 552 g/mol. The first kappa shape index (κ1) is 27.9. The third-order valence-corrected chi connectivity index (χ3v) is 9.50. The summed E-state index contributed by atoms with van der Waals surface area (Å²) < 4.78 is 6.34. The molecule has 0 N–H and O–H groups in total. The summed E-state index contributed by atoms with van der Waals surface area (Å²) in [4.78, 5) is 24.7. The summed E-state index contributed by atoms with van der Waals surface area (Å²) in [5.74, 6) is 1.33. The van der Waals surface area contributed by atoms with E-state index in [0.717, 1.165) is 77.2 Å². The minimum atomic E-state index is 0.229. The molecule has 1 saturated heterocycles. The van der Waals surface area contributed by atoms with Crippen molar-refractivity contribution in [3.8, 4) is 5.75 Å². The number of amides is 1. The molecular formula is C35H44N4O2. The Morgan fingerprint density at radius 2 is 1.54 bits per heavy atom. The first-order valence-electron chi connectivity index (χ1n) is 15.5. The van der Waals surface area contributed by atoms with Gasteiger partial charge in [-0.3, -0.25) is 19.6 Å². The van der Waals surface area contributed by atoms with Gasteiger partial charge in [0, 0.05) is 58.2 Å². The van der Waals surface area contributed by atoms with E-state index in [-0.39, 0.29) is 5.41 Å². The second-order valence-electron chi connectivity index (χ2n) is 12.3. The van der Waals surface area contributed by atoms with E-state index in [0.29, 0.717) is 19.1 Å². The van der Waals surface area contributed by atoms with Crippen molar-refractivity contribution in [1.29, 1.82) is 0 Å². The van der Waals surface area contributed by atoms with Gasteiger partial charge in [-0.05, 0) is 84.4 Å². The number of aryl methyl sites for hydroxylation is 1. The molecule has 216 valence electrons. The van der Waals surface area contributed by atoms with Crippen LogP contribution in [0.5, 0.6) is 5.75 Å². The van der Waals surface area contributed by atoms with Gasteiger partial charge in [0.25, 0.3) is 0 Å². The van der Waals surface area contributed by atoms with Gasteiger partial charge in [0.2, 0.25) is 5.91 Å². The lowest BCUT2D eigenvalue weighted by Gasteiger charge is -2.45. The van der Waals surface area contributed by atoms with Crippen LogP contribution in [0.25, 0.3) is 0 Å². The van der Waals surface area contributed by atoms with E-state index < -0.39 is 0 Å². The van der Waals surface area contributed by atoms with E-state index in [2.05, 4.69) is 80.3 Å². The molecule has 6 rings (SSSR count). The quantitative estimate of drug-likeness (QED) is 0.437. The van der Waals surface area contributed by atoms with E-state index >= 15 is 0 Å². The molecule has 6 nitrogen and oxygen atoms in total. The Kier molecular flexibility index (Phi) is 8.97. The maximum Gasteiger partial charge on any atom is 0.236 e. The minimum Gasteiger partial charge on any atom is -0.492 e. The van der Waals surface area contributed by atoms with Crippen LogP contribution in [0.1, 0.15) is 54.4 Å². The van der Waals surface area contributed by atoms with Crippen molar-refractivity contribution in [3.63, 3.8) is 0 Å². The molecule has 0 atom stereocenters. The van der Waals surface area contributed by atoms with Crippen molar-refractivity contribution in [3.05, 3.63) is 95.3 Å². The number of fused-ring (bicyclic) bond motifs is 2. The Balaban J connectivity index is 1.11. The number of nitrogens with zero attached hydrogens (tertiary/aromatic N) is 4. The standard InChI is InChI=1S/C35H44N4O2/c40-34(27-37-20-14-30-7-1-2-10-32(30)26-37)39-21-16-35(17-22-39)15-6-5-9-31-8-3-4-11-33(31)41-24-23-38(28-35)25-29-12-18-36-19-13-29/h1-4,7-8,10-13,18-19H,5-6,9,14-17,20-28H2. The Bertz CT molecular complexity index is 1290. The van der Waals surface area contributed by atoms with Crippen molar-refractivity contribution < 1.29 is 9.53 Å². The first-order valence-corrected chi connectivity index (χ1v) is 15.5. The number of pyridine rings is 1. The van der Waals surface area contributed by atoms with Crippen molar-refractivity contribution in [2.75, 3.05) is 45.9 Å². The Hall–Kier alpha value is -3.22. The predicted molar refractivity (Wildman–Crippen MR) is 163 cm³/mol. The van der Waals surface area contributed by atoms with E-state index in [4.69, 9.17) is 4.74 Å². The van der Waals surface area contributed by atoms with Crippen molar-refractivity contribution in [1.82, 2.24) is 19.7 Å². The fourth-order valence-corrected chi connectivity index (χ4v) is 7.08. The molecule has 41 heavy (non-hydrogen) atoms. The number of benzene rings is 2. The van der Waals surface area contributed by atoms with E-state index in [9.17, 15) is 4.79 Å². The maximum atomic E-state index is 13.4. The highest BCUT2D eigenvalue weighted by molar-refractivity contribution is 5.78. The lowest BCUT2D eigenvalue weighted by molar-refractivity contribution is -0.135. The zero-order valence-corrected chi connectivity index (χ0v) is 24.3. The molecule has 1 fully saturated rings. The third-order valence-electron chi connectivity index (χ3n) is 9.50.